The molecule has 2 amide bonds. The summed E-state index contributed by atoms with van der Waals surface area (Å²) >= 11 is 0. The monoisotopic (exact) mass is 316 g/mol. The van der Waals surface area contributed by atoms with Gasteiger partial charge in [0.05, 0.1) is 0 Å². The topological polar surface area (TPSA) is 49.4 Å². The highest BCUT2D eigenvalue weighted by atomic mass is 16.2. The molecule has 4 heteroatoms. The van der Waals surface area contributed by atoms with Crippen molar-refractivity contribution in [2.24, 2.45) is 5.41 Å². The van der Waals surface area contributed by atoms with Gasteiger partial charge in [0.25, 0.3) is 0 Å². The average Bonchev–Trinajstić information content (AvgIpc) is 3.31. The molecule has 0 spiro atoms. The zero-order valence-electron chi connectivity index (χ0n) is 14.9. The van der Waals surface area contributed by atoms with E-state index in [4.69, 9.17) is 0 Å². The molecular formula is C19H28N2O2. The Bertz CT molecular complexity index is 599. The van der Waals surface area contributed by atoms with Gasteiger partial charge < -0.3 is 10.2 Å². The fourth-order valence-corrected chi connectivity index (χ4v) is 3.05. The van der Waals surface area contributed by atoms with E-state index >= 15 is 0 Å². The van der Waals surface area contributed by atoms with E-state index < -0.39 is 5.41 Å². The van der Waals surface area contributed by atoms with Gasteiger partial charge in [0.15, 0.2) is 0 Å². The van der Waals surface area contributed by atoms with Crippen LogP contribution >= 0.6 is 0 Å². The van der Waals surface area contributed by atoms with E-state index in [1.807, 2.05) is 39.0 Å². The second kappa shape index (κ2) is 6.73. The Labute approximate surface area is 139 Å². The van der Waals surface area contributed by atoms with Gasteiger partial charge in [-0.25, -0.2) is 0 Å². The SMILES string of the molecule is CCN(CC)C(=O)C1(C(=O)Nc2c(C)cccc2C(C)C)CC1. The van der Waals surface area contributed by atoms with Crippen LogP contribution in [0, 0.1) is 12.3 Å². The van der Waals surface area contributed by atoms with Crippen molar-refractivity contribution in [3.8, 4) is 0 Å². The minimum Gasteiger partial charge on any atom is -0.342 e. The van der Waals surface area contributed by atoms with Gasteiger partial charge in [-0.15, -0.1) is 0 Å². The van der Waals surface area contributed by atoms with Crippen molar-refractivity contribution >= 4 is 17.5 Å². The van der Waals surface area contributed by atoms with Crippen LogP contribution in [0.25, 0.3) is 0 Å². The van der Waals surface area contributed by atoms with Crippen LogP contribution in [0.2, 0.25) is 0 Å². The summed E-state index contributed by atoms with van der Waals surface area (Å²) in [5.74, 6) is 0.143. The van der Waals surface area contributed by atoms with Crippen molar-refractivity contribution in [1.82, 2.24) is 4.90 Å². The molecule has 1 aromatic rings. The molecule has 1 fully saturated rings. The number of amides is 2. The van der Waals surface area contributed by atoms with Crippen molar-refractivity contribution in [3.63, 3.8) is 0 Å². The number of rotatable bonds is 6. The van der Waals surface area contributed by atoms with Crippen LogP contribution in [0.1, 0.15) is 57.6 Å². The maximum atomic E-state index is 12.8. The Kier molecular flexibility index (Phi) is 5.12. The Morgan fingerprint density at radius 2 is 1.83 bits per heavy atom. The van der Waals surface area contributed by atoms with Gasteiger partial charge >= 0.3 is 0 Å². The summed E-state index contributed by atoms with van der Waals surface area (Å²) in [6.07, 6.45) is 1.30. The zero-order chi connectivity index (χ0) is 17.2. The van der Waals surface area contributed by atoms with Gasteiger partial charge in [0, 0.05) is 18.8 Å². The quantitative estimate of drug-likeness (QED) is 0.813. The molecule has 0 aromatic heterocycles. The van der Waals surface area contributed by atoms with Gasteiger partial charge in [-0.2, -0.15) is 0 Å². The van der Waals surface area contributed by atoms with Gasteiger partial charge in [-0.3, -0.25) is 9.59 Å². The Morgan fingerprint density at radius 3 is 2.30 bits per heavy atom. The highest BCUT2D eigenvalue weighted by Gasteiger charge is 2.57. The first-order valence-corrected chi connectivity index (χ1v) is 8.57. The number of hydrogen-bond acceptors (Lipinski definition) is 2. The van der Waals surface area contributed by atoms with Gasteiger partial charge in [-0.1, -0.05) is 32.0 Å². The fraction of sp³-hybridized carbons (Fsp3) is 0.579. The number of benzene rings is 1. The number of nitrogens with one attached hydrogen (secondary N) is 1. The molecule has 23 heavy (non-hydrogen) atoms. The molecule has 1 aliphatic rings. The first kappa shape index (κ1) is 17.5. The highest BCUT2D eigenvalue weighted by Crippen LogP contribution is 2.48. The third kappa shape index (κ3) is 3.26. The predicted molar refractivity (Wildman–Crippen MR) is 93.5 cm³/mol. The minimum atomic E-state index is -0.845. The lowest BCUT2D eigenvalue weighted by Crippen LogP contribution is -2.43. The third-order valence-corrected chi connectivity index (χ3v) is 4.81. The van der Waals surface area contributed by atoms with Crippen molar-refractivity contribution in [1.29, 1.82) is 0 Å². The van der Waals surface area contributed by atoms with Gasteiger partial charge in [0.1, 0.15) is 5.41 Å². The molecule has 0 bridgehead atoms. The molecule has 0 radical (unpaired) electrons. The van der Waals surface area contributed by atoms with E-state index in [0.717, 1.165) is 16.8 Å². The summed E-state index contributed by atoms with van der Waals surface area (Å²) in [6, 6.07) is 6.04. The Hall–Kier alpha value is -1.84. The van der Waals surface area contributed by atoms with Crippen LogP contribution in [-0.4, -0.2) is 29.8 Å². The van der Waals surface area contributed by atoms with Gasteiger partial charge in [-0.05, 0) is 50.7 Å². The summed E-state index contributed by atoms with van der Waals surface area (Å²) in [4.78, 5) is 27.3. The highest BCUT2D eigenvalue weighted by molar-refractivity contribution is 6.13. The number of carbonyl (C=O) groups excluding carboxylic acids is 2. The number of carbonyl (C=O) groups is 2. The molecule has 4 nitrogen and oxygen atoms in total. The van der Waals surface area contributed by atoms with Crippen molar-refractivity contribution < 1.29 is 9.59 Å². The molecule has 1 N–H and O–H groups in total. The van der Waals surface area contributed by atoms with E-state index in [1.165, 1.54) is 0 Å². The van der Waals surface area contributed by atoms with Crippen LogP contribution in [0.4, 0.5) is 5.69 Å². The maximum Gasteiger partial charge on any atom is 0.240 e. The summed E-state index contributed by atoms with van der Waals surface area (Å²) in [6.45, 7) is 11.4. The first-order chi connectivity index (χ1) is 10.9. The van der Waals surface area contributed by atoms with E-state index in [0.29, 0.717) is 31.8 Å². The molecule has 126 valence electrons. The molecule has 2 rings (SSSR count). The zero-order valence-corrected chi connectivity index (χ0v) is 14.9. The van der Waals surface area contributed by atoms with Gasteiger partial charge in [0.2, 0.25) is 11.8 Å². The Balaban J connectivity index is 2.25. The Morgan fingerprint density at radius 1 is 1.22 bits per heavy atom. The van der Waals surface area contributed by atoms with Crippen molar-refractivity contribution in [2.75, 3.05) is 18.4 Å². The molecule has 0 unspecified atom stereocenters. The van der Waals surface area contributed by atoms with E-state index in [9.17, 15) is 9.59 Å². The van der Waals surface area contributed by atoms with Crippen LogP contribution in [0.15, 0.2) is 18.2 Å². The van der Waals surface area contributed by atoms with Crippen LogP contribution in [0.5, 0.6) is 0 Å². The molecule has 0 atom stereocenters. The maximum absolute atomic E-state index is 12.8. The van der Waals surface area contributed by atoms with Crippen LogP contribution in [-0.2, 0) is 9.59 Å². The smallest absolute Gasteiger partial charge is 0.240 e. The number of nitrogens with zero attached hydrogens (tertiary/aromatic N) is 1. The van der Waals surface area contributed by atoms with Crippen LogP contribution in [0.3, 0.4) is 0 Å². The lowest BCUT2D eigenvalue weighted by molar-refractivity contribution is -0.141. The molecule has 1 saturated carbocycles. The van der Waals surface area contributed by atoms with E-state index in [2.05, 4.69) is 19.2 Å². The molecule has 0 aliphatic heterocycles. The summed E-state index contributed by atoms with van der Waals surface area (Å²) in [5, 5.41) is 3.06. The molecule has 1 aromatic carbocycles. The third-order valence-electron chi connectivity index (χ3n) is 4.81. The lowest BCUT2D eigenvalue weighted by atomic mass is 9.97. The second-order valence-electron chi connectivity index (χ2n) is 6.71. The van der Waals surface area contributed by atoms with Crippen molar-refractivity contribution in [3.05, 3.63) is 29.3 Å². The number of aryl methyl sites for hydroxylation is 1. The standard InChI is InChI=1S/C19H28N2O2/c1-6-21(7-2)18(23)19(11-12-19)17(22)20-16-14(5)9-8-10-15(16)13(3)4/h8-10,13H,6-7,11-12H2,1-5H3,(H,20,22). The average molecular weight is 316 g/mol. The normalized spacial score (nSPS) is 15.4. The van der Waals surface area contributed by atoms with E-state index in [1.54, 1.807) is 4.90 Å². The summed E-state index contributed by atoms with van der Waals surface area (Å²) < 4.78 is 0. The second-order valence-corrected chi connectivity index (χ2v) is 6.71. The molecular weight excluding hydrogens is 288 g/mol. The number of anilines is 1. The fourth-order valence-electron chi connectivity index (χ4n) is 3.05. The van der Waals surface area contributed by atoms with Crippen LogP contribution < -0.4 is 5.32 Å². The van der Waals surface area contributed by atoms with E-state index in [-0.39, 0.29) is 11.8 Å². The molecule has 0 saturated heterocycles. The number of hydrogen-bond donors (Lipinski definition) is 1. The summed E-state index contributed by atoms with van der Waals surface area (Å²) in [7, 11) is 0. The lowest BCUT2D eigenvalue weighted by Gasteiger charge is -2.25. The van der Waals surface area contributed by atoms with Crippen molar-refractivity contribution in [2.45, 2.75) is 53.4 Å². The number of para-hydroxylation sites is 1. The largest absolute Gasteiger partial charge is 0.342 e. The molecule has 1 aliphatic carbocycles. The first-order valence-electron chi connectivity index (χ1n) is 8.57. The predicted octanol–water partition coefficient (Wildman–Crippen LogP) is 3.71. The summed E-state index contributed by atoms with van der Waals surface area (Å²) in [5.41, 5.74) is 2.17. The molecule has 0 heterocycles. The minimum absolute atomic E-state index is 0.0281.